The molecule has 1 aromatic rings. The Bertz CT molecular complexity index is 421. The molecule has 0 saturated heterocycles. The van der Waals surface area contributed by atoms with Gasteiger partial charge in [0.15, 0.2) is 0 Å². The topological polar surface area (TPSA) is 64.3 Å². The normalized spacial score (nSPS) is 11.9. The van der Waals surface area contributed by atoms with Crippen molar-refractivity contribution in [2.75, 3.05) is 13.2 Å². The van der Waals surface area contributed by atoms with Crippen molar-refractivity contribution < 1.29 is 9.53 Å². The third kappa shape index (κ3) is 5.26. The minimum absolute atomic E-state index is 0.0903. The molecule has 1 atom stereocenters. The SMILES string of the molecule is CC(C)C(C(=O)NCCOc1ccccc1)C(N)=S. The third-order valence-corrected chi connectivity index (χ3v) is 2.92. The molecule has 0 bridgehead atoms. The van der Waals surface area contributed by atoms with E-state index in [0.29, 0.717) is 13.2 Å². The molecule has 1 amide bonds. The van der Waals surface area contributed by atoms with E-state index in [1.165, 1.54) is 0 Å². The van der Waals surface area contributed by atoms with Gasteiger partial charge in [-0.05, 0) is 18.1 Å². The molecule has 0 aliphatic carbocycles. The van der Waals surface area contributed by atoms with E-state index in [9.17, 15) is 4.79 Å². The van der Waals surface area contributed by atoms with Crippen molar-refractivity contribution in [1.82, 2.24) is 5.32 Å². The molecule has 0 fully saturated rings. The van der Waals surface area contributed by atoms with E-state index in [-0.39, 0.29) is 16.8 Å². The Kier molecular flexibility index (Phi) is 6.29. The van der Waals surface area contributed by atoms with E-state index < -0.39 is 5.92 Å². The monoisotopic (exact) mass is 280 g/mol. The van der Waals surface area contributed by atoms with Gasteiger partial charge < -0.3 is 15.8 Å². The van der Waals surface area contributed by atoms with Crippen LogP contribution in [0.5, 0.6) is 5.75 Å². The molecular formula is C14H20N2O2S. The minimum atomic E-state index is -0.424. The lowest BCUT2D eigenvalue weighted by Crippen LogP contribution is -2.42. The fraction of sp³-hybridized carbons (Fsp3) is 0.429. The lowest BCUT2D eigenvalue weighted by molar-refractivity contribution is -0.124. The van der Waals surface area contributed by atoms with Gasteiger partial charge in [0.05, 0.1) is 17.5 Å². The summed E-state index contributed by atoms with van der Waals surface area (Å²) in [5.74, 6) is 0.310. The van der Waals surface area contributed by atoms with Gasteiger partial charge in [0.25, 0.3) is 0 Å². The largest absolute Gasteiger partial charge is 0.492 e. The minimum Gasteiger partial charge on any atom is -0.492 e. The summed E-state index contributed by atoms with van der Waals surface area (Å²) in [6.07, 6.45) is 0. The number of carbonyl (C=O) groups excluding carboxylic acids is 1. The van der Waals surface area contributed by atoms with Crippen LogP contribution in [0.25, 0.3) is 0 Å². The molecule has 0 saturated carbocycles. The molecule has 3 N–H and O–H groups in total. The molecule has 1 unspecified atom stereocenters. The van der Waals surface area contributed by atoms with Crippen molar-refractivity contribution in [3.05, 3.63) is 30.3 Å². The van der Waals surface area contributed by atoms with Gasteiger partial charge in [-0.3, -0.25) is 4.79 Å². The summed E-state index contributed by atoms with van der Waals surface area (Å²) in [6.45, 7) is 4.69. The van der Waals surface area contributed by atoms with Crippen LogP contribution in [0.1, 0.15) is 13.8 Å². The van der Waals surface area contributed by atoms with Crippen LogP contribution in [-0.2, 0) is 4.79 Å². The van der Waals surface area contributed by atoms with E-state index in [0.717, 1.165) is 5.75 Å². The molecule has 0 aromatic heterocycles. The van der Waals surface area contributed by atoms with E-state index >= 15 is 0 Å². The first-order valence-corrected chi connectivity index (χ1v) is 6.68. The first kappa shape index (κ1) is 15.4. The van der Waals surface area contributed by atoms with Gasteiger partial charge in [0, 0.05) is 0 Å². The number of hydrogen-bond acceptors (Lipinski definition) is 3. The Balaban J connectivity index is 2.32. The van der Waals surface area contributed by atoms with Gasteiger partial charge in [-0.25, -0.2) is 0 Å². The maximum atomic E-state index is 11.9. The molecule has 0 aliphatic rings. The predicted molar refractivity (Wildman–Crippen MR) is 80.1 cm³/mol. The van der Waals surface area contributed by atoms with Crippen molar-refractivity contribution in [2.24, 2.45) is 17.6 Å². The number of nitrogens with two attached hydrogens (primary N) is 1. The Hall–Kier alpha value is -1.62. The zero-order valence-electron chi connectivity index (χ0n) is 11.3. The molecule has 1 rings (SSSR count). The summed E-state index contributed by atoms with van der Waals surface area (Å²) in [6, 6.07) is 9.46. The summed E-state index contributed by atoms with van der Waals surface area (Å²) < 4.78 is 5.48. The molecule has 5 heteroatoms. The van der Waals surface area contributed by atoms with Crippen molar-refractivity contribution in [1.29, 1.82) is 0 Å². The Labute approximate surface area is 119 Å². The molecular weight excluding hydrogens is 260 g/mol. The van der Waals surface area contributed by atoms with Crippen molar-refractivity contribution in [2.45, 2.75) is 13.8 Å². The van der Waals surface area contributed by atoms with Crippen LogP contribution in [-0.4, -0.2) is 24.0 Å². The molecule has 19 heavy (non-hydrogen) atoms. The lowest BCUT2D eigenvalue weighted by atomic mass is 9.95. The molecule has 0 aliphatic heterocycles. The van der Waals surface area contributed by atoms with Crippen LogP contribution in [0.15, 0.2) is 30.3 Å². The van der Waals surface area contributed by atoms with Crippen molar-refractivity contribution in [3.63, 3.8) is 0 Å². The summed E-state index contributed by atoms with van der Waals surface area (Å²) in [4.78, 5) is 12.1. The number of hydrogen-bond donors (Lipinski definition) is 2. The summed E-state index contributed by atoms with van der Waals surface area (Å²) in [5.41, 5.74) is 5.57. The van der Waals surface area contributed by atoms with Gasteiger partial charge in [0.2, 0.25) is 5.91 Å². The number of nitrogens with one attached hydrogen (secondary N) is 1. The zero-order valence-corrected chi connectivity index (χ0v) is 12.1. The van der Waals surface area contributed by atoms with Crippen LogP contribution in [0, 0.1) is 11.8 Å². The fourth-order valence-electron chi connectivity index (χ4n) is 1.73. The second-order valence-electron chi connectivity index (χ2n) is 4.58. The average Bonchev–Trinajstić information content (AvgIpc) is 2.35. The summed E-state index contributed by atoms with van der Waals surface area (Å²) in [5, 5.41) is 2.78. The van der Waals surface area contributed by atoms with Crippen LogP contribution >= 0.6 is 12.2 Å². The van der Waals surface area contributed by atoms with Gasteiger partial charge in [-0.2, -0.15) is 0 Å². The number of amides is 1. The number of rotatable bonds is 7. The van der Waals surface area contributed by atoms with E-state index in [4.69, 9.17) is 22.7 Å². The van der Waals surface area contributed by atoms with E-state index in [1.807, 2.05) is 44.2 Å². The van der Waals surface area contributed by atoms with Crippen molar-refractivity contribution >= 4 is 23.1 Å². The predicted octanol–water partition coefficient (Wildman–Crippen LogP) is 1.74. The number of benzene rings is 1. The first-order valence-electron chi connectivity index (χ1n) is 6.27. The highest BCUT2D eigenvalue weighted by Gasteiger charge is 2.24. The molecule has 1 aromatic carbocycles. The smallest absolute Gasteiger partial charge is 0.230 e. The Morgan fingerprint density at radius 2 is 2.00 bits per heavy atom. The lowest BCUT2D eigenvalue weighted by Gasteiger charge is -2.18. The first-order chi connectivity index (χ1) is 9.02. The Morgan fingerprint density at radius 1 is 1.37 bits per heavy atom. The standard InChI is InChI=1S/C14H20N2O2S/c1-10(2)12(13(15)19)14(17)16-8-9-18-11-6-4-3-5-7-11/h3-7,10,12H,8-9H2,1-2H3,(H2,15,19)(H,16,17). The Morgan fingerprint density at radius 3 is 2.53 bits per heavy atom. The highest BCUT2D eigenvalue weighted by Crippen LogP contribution is 2.11. The summed E-state index contributed by atoms with van der Waals surface area (Å²) in [7, 11) is 0. The van der Waals surface area contributed by atoms with Gasteiger partial charge in [-0.1, -0.05) is 44.3 Å². The molecule has 0 radical (unpaired) electrons. The quantitative estimate of drug-likeness (QED) is 0.590. The maximum Gasteiger partial charge on any atom is 0.230 e. The number of carbonyl (C=O) groups is 1. The fourth-order valence-corrected chi connectivity index (χ4v) is 2.11. The van der Waals surface area contributed by atoms with Crippen LogP contribution < -0.4 is 15.8 Å². The number of para-hydroxylation sites is 1. The van der Waals surface area contributed by atoms with Gasteiger partial charge >= 0.3 is 0 Å². The van der Waals surface area contributed by atoms with E-state index in [1.54, 1.807) is 0 Å². The van der Waals surface area contributed by atoms with E-state index in [2.05, 4.69) is 5.32 Å². The second kappa shape index (κ2) is 7.74. The number of ether oxygens (including phenoxy) is 1. The second-order valence-corrected chi connectivity index (χ2v) is 5.05. The maximum absolute atomic E-state index is 11.9. The van der Waals surface area contributed by atoms with Crippen LogP contribution in [0.4, 0.5) is 0 Å². The van der Waals surface area contributed by atoms with Crippen molar-refractivity contribution in [3.8, 4) is 5.75 Å². The van der Waals surface area contributed by atoms with Crippen LogP contribution in [0.2, 0.25) is 0 Å². The highest BCUT2D eigenvalue weighted by molar-refractivity contribution is 7.80. The summed E-state index contributed by atoms with van der Waals surface area (Å²) >= 11 is 4.91. The third-order valence-electron chi connectivity index (χ3n) is 2.67. The van der Waals surface area contributed by atoms with Crippen LogP contribution in [0.3, 0.4) is 0 Å². The molecule has 0 heterocycles. The molecule has 104 valence electrons. The van der Waals surface area contributed by atoms with Gasteiger partial charge in [-0.15, -0.1) is 0 Å². The zero-order chi connectivity index (χ0) is 14.3. The molecule has 0 spiro atoms. The number of thiocarbonyl (C=S) groups is 1. The average molecular weight is 280 g/mol. The molecule has 4 nitrogen and oxygen atoms in total. The van der Waals surface area contributed by atoms with Gasteiger partial charge in [0.1, 0.15) is 12.4 Å². The highest BCUT2D eigenvalue weighted by atomic mass is 32.1.